The second-order valence-electron chi connectivity index (χ2n) is 6.30. The highest BCUT2D eigenvalue weighted by Gasteiger charge is 2.10. The van der Waals surface area contributed by atoms with Crippen molar-refractivity contribution in [3.8, 4) is 11.1 Å². The number of carbonyl (C=O) groups excluding carboxylic acids is 1. The average Bonchev–Trinajstić information content (AvgIpc) is 2.66. The Hall–Kier alpha value is -2.09. The first kappa shape index (κ1) is 21.0. The van der Waals surface area contributed by atoms with Gasteiger partial charge in [0.1, 0.15) is 0 Å². The molecule has 0 saturated carbocycles. The van der Waals surface area contributed by atoms with Gasteiger partial charge < -0.3 is 4.90 Å². The number of piperidine rings is 1. The van der Waals surface area contributed by atoms with Gasteiger partial charge in [-0.15, -0.1) is 0 Å². The number of carbonyl (C=O) groups is 1. The number of hydrogen-bond donors (Lipinski definition) is 0. The highest BCUT2D eigenvalue weighted by atomic mass is 16.2. The molecule has 2 nitrogen and oxygen atoms in total. The van der Waals surface area contributed by atoms with Crippen LogP contribution in [-0.2, 0) is 4.79 Å². The van der Waals surface area contributed by atoms with Crippen LogP contribution in [-0.4, -0.2) is 23.9 Å². The molecule has 25 heavy (non-hydrogen) atoms. The zero-order valence-corrected chi connectivity index (χ0v) is 16.5. The van der Waals surface area contributed by atoms with Crippen molar-refractivity contribution in [2.75, 3.05) is 13.1 Å². The van der Waals surface area contributed by atoms with Crippen molar-refractivity contribution in [2.45, 2.75) is 53.9 Å². The predicted octanol–water partition coefficient (Wildman–Crippen LogP) is 6.02. The van der Waals surface area contributed by atoms with Gasteiger partial charge in [-0.1, -0.05) is 73.5 Å². The van der Waals surface area contributed by atoms with Gasteiger partial charge in [-0.25, -0.2) is 0 Å². The molecular weight excluding hydrogens is 306 g/mol. The molecule has 1 heterocycles. The highest BCUT2D eigenvalue weighted by molar-refractivity contribution is 5.73. The lowest BCUT2D eigenvalue weighted by Crippen LogP contribution is -2.33. The van der Waals surface area contributed by atoms with E-state index in [1.54, 1.807) is 6.92 Å². The van der Waals surface area contributed by atoms with E-state index in [4.69, 9.17) is 0 Å². The maximum absolute atomic E-state index is 10.7. The van der Waals surface area contributed by atoms with Crippen LogP contribution in [0, 0.1) is 13.8 Å². The maximum atomic E-state index is 10.7. The van der Waals surface area contributed by atoms with E-state index >= 15 is 0 Å². The fraction of sp³-hybridized carbons (Fsp3) is 0.435. The van der Waals surface area contributed by atoms with Crippen molar-refractivity contribution >= 4 is 5.91 Å². The number of hydrogen-bond acceptors (Lipinski definition) is 1. The Kier molecular flexibility index (Phi) is 9.61. The first-order valence-corrected chi connectivity index (χ1v) is 9.45. The Labute approximate surface area is 153 Å². The van der Waals surface area contributed by atoms with Crippen LogP contribution in [0.2, 0.25) is 0 Å². The van der Waals surface area contributed by atoms with E-state index in [-0.39, 0.29) is 5.91 Å². The lowest BCUT2D eigenvalue weighted by molar-refractivity contribution is -0.129. The fourth-order valence-corrected chi connectivity index (χ4v) is 2.70. The summed E-state index contributed by atoms with van der Waals surface area (Å²) in [5.41, 5.74) is 5.19. The summed E-state index contributed by atoms with van der Waals surface area (Å²) in [6.07, 6.45) is 3.68. The molecule has 0 atom stereocenters. The molecule has 1 amide bonds. The first-order chi connectivity index (χ1) is 12.1. The van der Waals surface area contributed by atoms with Gasteiger partial charge in [0, 0.05) is 20.0 Å². The SMILES string of the molecule is CC.CC(=O)N1CCCCC1.Cc1ccc(-c2ccc(C)cc2)cc1. The molecule has 0 aliphatic carbocycles. The van der Waals surface area contributed by atoms with E-state index in [9.17, 15) is 4.79 Å². The Bertz CT molecular complexity index is 564. The maximum Gasteiger partial charge on any atom is 0.219 e. The van der Waals surface area contributed by atoms with Gasteiger partial charge in [-0.3, -0.25) is 4.79 Å². The highest BCUT2D eigenvalue weighted by Crippen LogP contribution is 2.19. The minimum absolute atomic E-state index is 0.231. The van der Waals surface area contributed by atoms with Crippen molar-refractivity contribution in [2.24, 2.45) is 0 Å². The standard InChI is InChI=1S/C14H14.C7H13NO.C2H6/c1-11-3-7-13(8-4-11)14-9-5-12(2)6-10-14;1-7(9)8-5-3-2-4-6-8;1-2/h3-10H,1-2H3;2-6H2,1H3;1-2H3. The monoisotopic (exact) mass is 339 g/mol. The van der Waals surface area contributed by atoms with Crippen molar-refractivity contribution in [3.63, 3.8) is 0 Å². The van der Waals surface area contributed by atoms with Crippen LogP contribution in [0.1, 0.15) is 51.2 Å². The summed E-state index contributed by atoms with van der Waals surface area (Å²) in [5, 5.41) is 0. The molecular formula is C23H33NO. The van der Waals surface area contributed by atoms with Gasteiger partial charge in [0.2, 0.25) is 5.91 Å². The summed E-state index contributed by atoms with van der Waals surface area (Å²) in [4.78, 5) is 12.6. The third-order valence-electron chi connectivity index (χ3n) is 4.24. The molecule has 2 aromatic rings. The molecule has 1 saturated heterocycles. The first-order valence-electron chi connectivity index (χ1n) is 9.45. The third-order valence-corrected chi connectivity index (χ3v) is 4.24. The fourth-order valence-electron chi connectivity index (χ4n) is 2.70. The lowest BCUT2D eigenvalue weighted by Gasteiger charge is -2.24. The topological polar surface area (TPSA) is 20.3 Å². The Morgan fingerprint density at radius 3 is 1.36 bits per heavy atom. The summed E-state index contributed by atoms with van der Waals surface area (Å²) in [6, 6.07) is 17.3. The number of likely N-dealkylation sites (tertiary alicyclic amines) is 1. The summed E-state index contributed by atoms with van der Waals surface area (Å²) < 4.78 is 0. The minimum atomic E-state index is 0.231. The van der Waals surface area contributed by atoms with Gasteiger partial charge in [0.25, 0.3) is 0 Å². The molecule has 1 aliphatic rings. The molecule has 136 valence electrons. The molecule has 2 heteroatoms. The number of amides is 1. The van der Waals surface area contributed by atoms with Crippen LogP contribution in [0.15, 0.2) is 48.5 Å². The predicted molar refractivity (Wildman–Crippen MR) is 109 cm³/mol. The van der Waals surface area contributed by atoms with Crippen LogP contribution in [0.4, 0.5) is 0 Å². The van der Waals surface area contributed by atoms with E-state index in [1.165, 1.54) is 41.5 Å². The van der Waals surface area contributed by atoms with Crippen LogP contribution >= 0.6 is 0 Å². The van der Waals surface area contributed by atoms with Gasteiger partial charge in [0.05, 0.1) is 0 Å². The van der Waals surface area contributed by atoms with Crippen LogP contribution < -0.4 is 0 Å². The quantitative estimate of drug-likeness (QED) is 0.622. The molecule has 0 radical (unpaired) electrons. The Morgan fingerprint density at radius 1 is 0.720 bits per heavy atom. The zero-order valence-electron chi connectivity index (χ0n) is 16.5. The van der Waals surface area contributed by atoms with Gasteiger partial charge >= 0.3 is 0 Å². The van der Waals surface area contributed by atoms with Crippen LogP contribution in [0.3, 0.4) is 0 Å². The third kappa shape index (κ3) is 7.55. The van der Waals surface area contributed by atoms with E-state index in [1.807, 2.05) is 18.7 Å². The minimum Gasteiger partial charge on any atom is -0.343 e. The Balaban J connectivity index is 0.000000246. The van der Waals surface area contributed by atoms with Crippen LogP contribution in [0.5, 0.6) is 0 Å². The zero-order chi connectivity index (χ0) is 18.7. The summed E-state index contributed by atoms with van der Waals surface area (Å²) in [6.45, 7) is 11.8. The molecule has 1 aliphatic heterocycles. The van der Waals surface area contributed by atoms with Gasteiger partial charge in [-0.05, 0) is 44.2 Å². The normalized spacial score (nSPS) is 13.1. The molecule has 0 bridgehead atoms. The number of nitrogens with zero attached hydrogens (tertiary/aromatic N) is 1. The number of benzene rings is 2. The second-order valence-corrected chi connectivity index (χ2v) is 6.30. The van der Waals surface area contributed by atoms with Crippen molar-refractivity contribution in [3.05, 3.63) is 59.7 Å². The van der Waals surface area contributed by atoms with Crippen molar-refractivity contribution in [1.82, 2.24) is 4.90 Å². The number of aryl methyl sites for hydroxylation is 2. The van der Waals surface area contributed by atoms with E-state index < -0.39 is 0 Å². The smallest absolute Gasteiger partial charge is 0.219 e. The lowest BCUT2D eigenvalue weighted by atomic mass is 10.0. The summed E-state index contributed by atoms with van der Waals surface area (Å²) in [5.74, 6) is 0.231. The molecule has 2 aromatic carbocycles. The van der Waals surface area contributed by atoms with Crippen molar-refractivity contribution < 1.29 is 4.79 Å². The molecule has 0 N–H and O–H groups in total. The second kappa shape index (κ2) is 11.5. The van der Waals surface area contributed by atoms with Gasteiger partial charge in [-0.2, -0.15) is 0 Å². The van der Waals surface area contributed by atoms with E-state index in [0.717, 1.165) is 13.1 Å². The molecule has 0 unspecified atom stereocenters. The number of rotatable bonds is 1. The molecule has 1 fully saturated rings. The molecule has 3 rings (SSSR count). The van der Waals surface area contributed by atoms with Crippen LogP contribution in [0.25, 0.3) is 11.1 Å². The molecule has 0 spiro atoms. The largest absolute Gasteiger partial charge is 0.343 e. The Morgan fingerprint density at radius 2 is 1.08 bits per heavy atom. The van der Waals surface area contributed by atoms with Crippen molar-refractivity contribution in [1.29, 1.82) is 0 Å². The summed E-state index contributed by atoms with van der Waals surface area (Å²) >= 11 is 0. The van der Waals surface area contributed by atoms with Gasteiger partial charge in [0.15, 0.2) is 0 Å². The van der Waals surface area contributed by atoms with E-state index in [0.29, 0.717) is 0 Å². The average molecular weight is 340 g/mol. The summed E-state index contributed by atoms with van der Waals surface area (Å²) in [7, 11) is 0. The molecule has 0 aromatic heterocycles. The van der Waals surface area contributed by atoms with E-state index in [2.05, 4.69) is 62.4 Å².